The summed E-state index contributed by atoms with van der Waals surface area (Å²) in [5.41, 5.74) is 0. The Balaban J connectivity index is 1.54. The van der Waals surface area contributed by atoms with Gasteiger partial charge in [0.15, 0.2) is 0 Å². The molecule has 3 fully saturated rings. The molecule has 2 bridgehead atoms. The first kappa shape index (κ1) is 13.9. The van der Waals surface area contributed by atoms with Crippen LogP contribution in [0.15, 0.2) is 0 Å². The van der Waals surface area contributed by atoms with Gasteiger partial charge in [-0.2, -0.15) is 0 Å². The van der Waals surface area contributed by atoms with Crippen molar-refractivity contribution >= 4 is 0 Å². The fourth-order valence-electron chi connectivity index (χ4n) is 5.15. The van der Waals surface area contributed by atoms with Gasteiger partial charge >= 0.3 is 0 Å². The summed E-state index contributed by atoms with van der Waals surface area (Å²) in [6, 6.07) is 1.51. The van der Waals surface area contributed by atoms with Gasteiger partial charge in [-0.3, -0.25) is 4.90 Å². The van der Waals surface area contributed by atoms with Crippen molar-refractivity contribution in [2.45, 2.75) is 65.0 Å². The highest BCUT2D eigenvalue weighted by Gasteiger charge is 2.41. The Kier molecular flexibility index (Phi) is 4.19. The molecule has 0 spiro atoms. The lowest BCUT2D eigenvalue weighted by atomic mass is 9.84. The van der Waals surface area contributed by atoms with Crippen LogP contribution in [0.3, 0.4) is 0 Å². The van der Waals surface area contributed by atoms with E-state index in [9.17, 15) is 0 Å². The summed E-state index contributed by atoms with van der Waals surface area (Å²) in [6.07, 6.45) is 7.52. The number of hydrogen-bond donors (Lipinski definition) is 1. The van der Waals surface area contributed by atoms with Crippen LogP contribution in [0, 0.1) is 23.7 Å². The number of nitrogens with one attached hydrogen (secondary N) is 1. The maximum atomic E-state index is 3.68. The second kappa shape index (κ2) is 5.73. The summed E-state index contributed by atoms with van der Waals surface area (Å²) in [6.45, 7) is 11.0. The first-order valence-corrected chi connectivity index (χ1v) is 8.66. The van der Waals surface area contributed by atoms with Crippen LogP contribution in [0.2, 0.25) is 0 Å². The van der Waals surface area contributed by atoms with E-state index in [1.165, 1.54) is 32.4 Å². The minimum absolute atomic E-state index is 0.747. The van der Waals surface area contributed by atoms with Gasteiger partial charge in [-0.05, 0) is 69.4 Å². The summed E-state index contributed by atoms with van der Waals surface area (Å²) >= 11 is 0. The Bertz CT molecular complexity index is 304. The molecule has 3 rings (SSSR count). The van der Waals surface area contributed by atoms with Crippen molar-refractivity contribution in [3.63, 3.8) is 0 Å². The van der Waals surface area contributed by atoms with E-state index in [2.05, 4.69) is 31.0 Å². The topological polar surface area (TPSA) is 15.3 Å². The minimum atomic E-state index is 0.747. The third-order valence-electron chi connectivity index (χ3n) is 6.52. The van der Waals surface area contributed by atoms with Gasteiger partial charge in [0.25, 0.3) is 0 Å². The molecule has 3 aliphatic rings. The standard InChI is InChI=1S/C17H32N2/c1-4-18-17-7-8-19(13(3)12(17)2)11-16-10-14-5-6-15(16)9-14/h12-18H,4-11H2,1-3H3. The second-order valence-corrected chi connectivity index (χ2v) is 7.48. The van der Waals surface area contributed by atoms with E-state index in [4.69, 9.17) is 0 Å². The highest BCUT2D eigenvalue weighted by molar-refractivity contribution is 4.94. The van der Waals surface area contributed by atoms with Crippen LogP contribution in [0.1, 0.15) is 52.9 Å². The fraction of sp³-hybridized carbons (Fsp3) is 1.00. The van der Waals surface area contributed by atoms with Crippen molar-refractivity contribution in [3.05, 3.63) is 0 Å². The van der Waals surface area contributed by atoms with Gasteiger partial charge in [0, 0.05) is 18.6 Å². The quantitative estimate of drug-likeness (QED) is 0.839. The van der Waals surface area contributed by atoms with E-state index in [0.29, 0.717) is 0 Å². The fourth-order valence-corrected chi connectivity index (χ4v) is 5.15. The second-order valence-electron chi connectivity index (χ2n) is 7.48. The first-order valence-electron chi connectivity index (χ1n) is 8.66. The molecule has 0 aromatic rings. The highest BCUT2D eigenvalue weighted by atomic mass is 15.2. The molecular weight excluding hydrogens is 232 g/mol. The SMILES string of the molecule is CCNC1CCN(CC2CC3CCC2C3)C(C)C1C. The molecule has 1 aliphatic heterocycles. The molecule has 1 heterocycles. The maximum Gasteiger partial charge on any atom is 0.0120 e. The zero-order valence-corrected chi connectivity index (χ0v) is 13.1. The molecule has 1 saturated heterocycles. The average molecular weight is 264 g/mol. The molecule has 6 atom stereocenters. The molecule has 0 aromatic carbocycles. The lowest BCUT2D eigenvalue weighted by molar-refractivity contribution is 0.0611. The van der Waals surface area contributed by atoms with Crippen molar-refractivity contribution in [2.75, 3.05) is 19.6 Å². The van der Waals surface area contributed by atoms with E-state index in [-0.39, 0.29) is 0 Å². The van der Waals surface area contributed by atoms with Crippen molar-refractivity contribution in [1.82, 2.24) is 10.2 Å². The molecule has 19 heavy (non-hydrogen) atoms. The summed E-state index contributed by atoms with van der Waals surface area (Å²) in [7, 11) is 0. The Morgan fingerprint density at radius 2 is 1.95 bits per heavy atom. The molecule has 2 nitrogen and oxygen atoms in total. The van der Waals surface area contributed by atoms with Gasteiger partial charge in [0.1, 0.15) is 0 Å². The number of nitrogens with zero attached hydrogens (tertiary/aromatic N) is 1. The maximum absolute atomic E-state index is 3.68. The van der Waals surface area contributed by atoms with Gasteiger partial charge in [0.05, 0.1) is 0 Å². The largest absolute Gasteiger partial charge is 0.314 e. The summed E-state index contributed by atoms with van der Waals surface area (Å²) in [5.74, 6) is 4.01. The molecule has 6 unspecified atom stereocenters. The molecular formula is C17H32N2. The van der Waals surface area contributed by atoms with E-state index in [1.807, 2.05) is 0 Å². The lowest BCUT2D eigenvalue weighted by Gasteiger charge is -2.44. The van der Waals surface area contributed by atoms with Crippen molar-refractivity contribution in [3.8, 4) is 0 Å². The Morgan fingerprint density at radius 1 is 1.11 bits per heavy atom. The van der Waals surface area contributed by atoms with Crippen LogP contribution in [0.4, 0.5) is 0 Å². The molecule has 0 radical (unpaired) electrons. The van der Waals surface area contributed by atoms with Gasteiger partial charge < -0.3 is 5.32 Å². The first-order chi connectivity index (χ1) is 9.19. The highest BCUT2D eigenvalue weighted by Crippen LogP contribution is 2.48. The normalized spacial score (nSPS) is 46.9. The summed E-state index contributed by atoms with van der Waals surface area (Å²) < 4.78 is 0. The van der Waals surface area contributed by atoms with Crippen LogP contribution in [0.25, 0.3) is 0 Å². The van der Waals surface area contributed by atoms with E-state index >= 15 is 0 Å². The minimum Gasteiger partial charge on any atom is -0.314 e. The molecule has 0 amide bonds. The average Bonchev–Trinajstić information content (AvgIpc) is 3.01. The third-order valence-corrected chi connectivity index (χ3v) is 6.52. The van der Waals surface area contributed by atoms with Gasteiger partial charge in [0.2, 0.25) is 0 Å². The third kappa shape index (κ3) is 2.71. The zero-order valence-electron chi connectivity index (χ0n) is 13.1. The summed E-state index contributed by atoms with van der Waals surface area (Å²) in [4.78, 5) is 2.81. The smallest absolute Gasteiger partial charge is 0.0120 e. The van der Waals surface area contributed by atoms with Crippen LogP contribution in [-0.4, -0.2) is 36.6 Å². The Hall–Kier alpha value is -0.0800. The zero-order chi connectivity index (χ0) is 13.4. The molecule has 2 aliphatic carbocycles. The Labute approximate surface area is 119 Å². The number of hydrogen-bond acceptors (Lipinski definition) is 2. The predicted molar refractivity (Wildman–Crippen MR) is 81.2 cm³/mol. The van der Waals surface area contributed by atoms with Crippen LogP contribution < -0.4 is 5.32 Å². The molecule has 0 aromatic heterocycles. The number of piperidine rings is 1. The molecule has 2 saturated carbocycles. The monoisotopic (exact) mass is 264 g/mol. The van der Waals surface area contributed by atoms with E-state index < -0.39 is 0 Å². The molecule has 1 N–H and O–H groups in total. The van der Waals surface area contributed by atoms with Crippen LogP contribution >= 0.6 is 0 Å². The van der Waals surface area contributed by atoms with Gasteiger partial charge in [-0.25, -0.2) is 0 Å². The van der Waals surface area contributed by atoms with E-state index in [1.54, 1.807) is 12.8 Å². The van der Waals surface area contributed by atoms with Crippen molar-refractivity contribution in [2.24, 2.45) is 23.7 Å². The molecule has 110 valence electrons. The number of fused-ring (bicyclic) bond motifs is 2. The number of rotatable bonds is 4. The molecule has 2 heteroatoms. The van der Waals surface area contributed by atoms with Gasteiger partial charge in [-0.15, -0.1) is 0 Å². The predicted octanol–water partition coefficient (Wildman–Crippen LogP) is 3.13. The van der Waals surface area contributed by atoms with Crippen LogP contribution in [0.5, 0.6) is 0 Å². The van der Waals surface area contributed by atoms with Gasteiger partial charge in [-0.1, -0.05) is 20.3 Å². The summed E-state index contributed by atoms with van der Waals surface area (Å²) in [5, 5.41) is 3.68. The van der Waals surface area contributed by atoms with Crippen LogP contribution in [-0.2, 0) is 0 Å². The lowest BCUT2D eigenvalue weighted by Crippen LogP contribution is -2.54. The van der Waals surface area contributed by atoms with Crippen molar-refractivity contribution < 1.29 is 0 Å². The van der Waals surface area contributed by atoms with Crippen molar-refractivity contribution in [1.29, 1.82) is 0 Å². The Morgan fingerprint density at radius 3 is 2.58 bits per heavy atom. The van der Waals surface area contributed by atoms with E-state index in [0.717, 1.165) is 42.3 Å². The number of likely N-dealkylation sites (tertiary alicyclic amines) is 1.